The molecule has 4 nitrogen and oxygen atoms in total. The average molecular weight is 341 g/mol. The second kappa shape index (κ2) is 5.43. The summed E-state index contributed by atoms with van der Waals surface area (Å²) in [5, 5.41) is 1.08. The Morgan fingerprint density at radius 1 is 1.00 bits per heavy atom. The van der Waals surface area contributed by atoms with Gasteiger partial charge in [0, 0.05) is 17.6 Å². The van der Waals surface area contributed by atoms with Crippen molar-refractivity contribution in [3.63, 3.8) is 0 Å². The minimum absolute atomic E-state index is 0.284. The molecule has 26 heavy (non-hydrogen) atoms. The van der Waals surface area contributed by atoms with Crippen LogP contribution >= 0.6 is 0 Å². The van der Waals surface area contributed by atoms with Gasteiger partial charge in [0.2, 0.25) is 0 Å². The molecule has 0 saturated heterocycles. The van der Waals surface area contributed by atoms with Gasteiger partial charge in [0.05, 0.1) is 16.6 Å². The Morgan fingerprint density at radius 3 is 2.69 bits per heavy atom. The molecular formula is C22H19N3O. The van der Waals surface area contributed by atoms with Crippen LogP contribution in [0, 0.1) is 6.92 Å². The van der Waals surface area contributed by atoms with Crippen molar-refractivity contribution in [1.82, 2.24) is 14.5 Å². The van der Waals surface area contributed by atoms with Gasteiger partial charge in [-0.3, -0.25) is 4.98 Å². The van der Waals surface area contributed by atoms with E-state index in [2.05, 4.69) is 54.6 Å². The van der Waals surface area contributed by atoms with E-state index in [1.54, 1.807) is 0 Å². The number of para-hydroxylation sites is 2. The third-order valence-electron chi connectivity index (χ3n) is 4.94. The van der Waals surface area contributed by atoms with E-state index in [4.69, 9.17) is 9.40 Å². The average Bonchev–Trinajstić information content (AvgIpc) is 3.20. The fourth-order valence-corrected chi connectivity index (χ4v) is 3.80. The van der Waals surface area contributed by atoms with Crippen LogP contribution in [0.1, 0.15) is 25.5 Å². The highest BCUT2D eigenvalue weighted by molar-refractivity contribution is 6.08. The van der Waals surface area contributed by atoms with E-state index in [0.717, 1.165) is 44.5 Å². The molecule has 0 fully saturated rings. The van der Waals surface area contributed by atoms with Crippen LogP contribution in [-0.4, -0.2) is 14.5 Å². The van der Waals surface area contributed by atoms with Crippen molar-refractivity contribution in [2.45, 2.75) is 26.8 Å². The topological polar surface area (TPSA) is 43.9 Å². The minimum atomic E-state index is 0.284. The zero-order valence-corrected chi connectivity index (χ0v) is 15.0. The summed E-state index contributed by atoms with van der Waals surface area (Å²) >= 11 is 0. The highest BCUT2D eigenvalue weighted by atomic mass is 16.3. The van der Waals surface area contributed by atoms with Gasteiger partial charge >= 0.3 is 0 Å². The predicted molar refractivity (Wildman–Crippen MR) is 105 cm³/mol. The van der Waals surface area contributed by atoms with E-state index >= 15 is 0 Å². The van der Waals surface area contributed by atoms with Crippen LogP contribution < -0.4 is 0 Å². The summed E-state index contributed by atoms with van der Waals surface area (Å²) in [6, 6.07) is 16.6. The van der Waals surface area contributed by atoms with E-state index in [0.29, 0.717) is 0 Å². The molecule has 0 radical (unpaired) electrons. The second-order valence-electron chi connectivity index (χ2n) is 6.97. The summed E-state index contributed by atoms with van der Waals surface area (Å²) in [6.45, 7) is 6.45. The number of furan rings is 1. The standard InChI is InChI=1S/C22H19N3O/c1-13(2)25-17-9-5-4-8-16(17)24-22(25)15-11-12-23-20-19-14(3)7-6-10-18(19)26-21(15)20/h4-13H,1-3H3. The summed E-state index contributed by atoms with van der Waals surface area (Å²) < 4.78 is 8.50. The van der Waals surface area contributed by atoms with Crippen LogP contribution in [0.2, 0.25) is 0 Å². The molecular weight excluding hydrogens is 322 g/mol. The second-order valence-corrected chi connectivity index (χ2v) is 6.97. The fraction of sp³-hybridized carbons (Fsp3) is 0.182. The molecule has 0 saturated carbocycles. The van der Waals surface area contributed by atoms with Crippen molar-refractivity contribution in [1.29, 1.82) is 0 Å². The SMILES string of the molecule is Cc1cccc2oc3c(-c4nc5ccccc5n4C(C)C)ccnc3c12. The van der Waals surface area contributed by atoms with Crippen LogP contribution in [-0.2, 0) is 0 Å². The molecule has 0 unspecified atom stereocenters. The van der Waals surface area contributed by atoms with E-state index in [9.17, 15) is 0 Å². The molecule has 128 valence electrons. The lowest BCUT2D eigenvalue weighted by Gasteiger charge is -2.13. The quantitative estimate of drug-likeness (QED) is 0.402. The van der Waals surface area contributed by atoms with E-state index in [1.807, 2.05) is 30.5 Å². The van der Waals surface area contributed by atoms with Crippen molar-refractivity contribution in [2.75, 3.05) is 0 Å². The number of benzene rings is 2. The van der Waals surface area contributed by atoms with E-state index in [-0.39, 0.29) is 6.04 Å². The maximum absolute atomic E-state index is 6.23. The Morgan fingerprint density at radius 2 is 1.85 bits per heavy atom. The van der Waals surface area contributed by atoms with Gasteiger partial charge in [0.1, 0.15) is 16.9 Å². The number of aromatic nitrogens is 3. The van der Waals surface area contributed by atoms with Crippen molar-refractivity contribution in [3.8, 4) is 11.4 Å². The molecule has 4 heteroatoms. The molecule has 0 N–H and O–H groups in total. The Balaban J connectivity index is 1.91. The van der Waals surface area contributed by atoms with Gasteiger partial charge in [0.25, 0.3) is 0 Å². The van der Waals surface area contributed by atoms with Crippen LogP contribution in [0.5, 0.6) is 0 Å². The first-order valence-electron chi connectivity index (χ1n) is 8.89. The van der Waals surface area contributed by atoms with Crippen molar-refractivity contribution in [3.05, 3.63) is 60.3 Å². The Kier molecular flexibility index (Phi) is 3.16. The Bertz CT molecular complexity index is 1280. The van der Waals surface area contributed by atoms with E-state index < -0.39 is 0 Å². The molecule has 5 aromatic rings. The number of aryl methyl sites for hydroxylation is 1. The molecule has 0 aliphatic rings. The first kappa shape index (κ1) is 15.1. The van der Waals surface area contributed by atoms with Crippen LogP contribution in [0.3, 0.4) is 0 Å². The molecule has 0 bridgehead atoms. The lowest BCUT2D eigenvalue weighted by Crippen LogP contribution is -2.03. The van der Waals surface area contributed by atoms with E-state index in [1.165, 1.54) is 5.56 Å². The molecule has 2 aromatic carbocycles. The smallest absolute Gasteiger partial charge is 0.164 e. The fourth-order valence-electron chi connectivity index (χ4n) is 3.80. The molecule has 0 amide bonds. The summed E-state index contributed by atoms with van der Waals surface area (Å²) in [4.78, 5) is 9.54. The first-order valence-corrected chi connectivity index (χ1v) is 8.89. The Hall–Kier alpha value is -3.14. The number of fused-ring (bicyclic) bond motifs is 4. The van der Waals surface area contributed by atoms with Crippen LogP contribution in [0.4, 0.5) is 0 Å². The number of nitrogens with zero attached hydrogens (tertiary/aromatic N) is 3. The maximum Gasteiger partial charge on any atom is 0.164 e. The predicted octanol–water partition coefficient (Wildman–Crippen LogP) is 5.89. The molecule has 5 rings (SSSR count). The zero-order chi connectivity index (χ0) is 17.8. The first-order chi connectivity index (χ1) is 12.6. The summed E-state index contributed by atoms with van der Waals surface area (Å²) in [6.07, 6.45) is 1.85. The normalized spacial score (nSPS) is 12.0. The molecule has 0 aliphatic heterocycles. The molecule has 3 heterocycles. The van der Waals surface area contributed by atoms with Crippen LogP contribution in [0.25, 0.3) is 44.5 Å². The van der Waals surface area contributed by atoms with Crippen molar-refractivity contribution < 1.29 is 4.42 Å². The van der Waals surface area contributed by atoms with Gasteiger partial charge in [-0.15, -0.1) is 0 Å². The molecule has 0 aliphatic carbocycles. The largest absolute Gasteiger partial charge is 0.454 e. The summed E-state index contributed by atoms with van der Waals surface area (Å²) in [5.74, 6) is 0.922. The number of rotatable bonds is 2. The molecule has 3 aromatic heterocycles. The molecule has 0 spiro atoms. The maximum atomic E-state index is 6.23. The number of hydrogen-bond donors (Lipinski definition) is 0. The highest BCUT2D eigenvalue weighted by Gasteiger charge is 2.20. The summed E-state index contributed by atoms with van der Waals surface area (Å²) in [5.41, 5.74) is 6.85. The van der Waals surface area contributed by atoms with Gasteiger partial charge in [-0.05, 0) is 50.6 Å². The monoisotopic (exact) mass is 341 g/mol. The summed E-state index contributed by atoms with van der Waals surface area (Å²) in [7, 11) is 0. The number of hydrogen-bond acceptors (Lipinski definition) is 3. The van der Waals surface area contributed by atoms with Gasteiger partial charge in [-0.25, -0.2) is 4.98 Å². The Labute approximate surface area is 151 Å². The van der Waals surface area contributed by atoms with Gasteiger partial charge in [-0.2, -0.15) is 0 Å². The third-order valence-corrected chi connectivity index (χ3v) is 4.94. The molecule has 0 atom stereocenters. The minimum Gasteiger partial charge on any atom is -0.454 e. The van der Waals surface area contributed by atoms with Crippen LogP contribution in [0.15, 0.2) is 59.1 Å². The van der Waals surface area contributed by atoms with Gasteiger partial charge in [-0.1, -0.05) is 24.3 Å². The van der Waals surface area contributed by atoms with Crippen molar-refractivity contribution in [2.24, 2.45) is 0 Å². The lowest BCUT2D eigenvalue weighted by molar-refractivity contribution is 0.622. The number of imidazole rings is 1. The highest BCUT2D eigenvalue weighted by Crippen LogP contribution is 2.37. The van der Waals surface area contributed by atoms with Crippen molar-refractivity contribution >= 4 is 33.1 Å². The van der Waals surface area contributed by atoms with Gasteiger partial charge < -0.3 is 8.98 Å². The third kappa shape index (κ3) is 2.02. The lowest BCUT2D eigenvalue weighted by atomic mass is 10.1. The number of pyridine rings is 1. The zero-order valence-electron chi connectivity index (χ0n) is 15.0. The van der Waals surface area contributed by atoms with Gasteiger partial charge in [0.15, 0.2) is 5.58 Å².